The van der Waals surface area contributed by atoms with Crippen LogP contribution in [0.15, 0.2) is 0 Å². The molecule has 0 spiro atoms. The SMILES string of the molecule is [2H]C1([2H])CCOC1=O. The summed E-state index contributed by atoms with van der Waals surface area (Å²) in [5, 5.41) is 0. The van der Waals surface area contributed by atoms with Crippen LogP contribution in [-0.4, -0.2) is 12.6 Å². The standard InChI is InChI=1S/C4H6O2/c5-4-2-1-3-6-4/h1-3H2/i2D2. The zero-order valence-electron chi connectivity index (χ0n) is 5.23. The number of esters is 1. The summed E-state index contributed by atoms with van der Waals surface area (Å²) in [7, 11) is 0. The van der Waals surface area contributed by atoms with Crippen molar-refractivity contribution in [3.63, 3.8) is 0 Å². The predicted octanol–water partition coefficient (Wildman–Crippen LogP) is 0.323. The molecular weight excluding hydrogens is 80.0 g/mol. The molecule has 0 N–H and O–H groups in total. The molecule has 1 fully saturated rings. The molecule has 1 heterocycles. The van der Waals surface area contributed by atoms with Crippen LogP contribution in [0.4, 0.5) is 0 Å². The van der Waals surface area contributed by atoms with E-state index in [2.05, 4.69) is 4.74 Å². The molecular formula is C4H6O2. The Balaban J connectivity index is 2.68. The van der Waals surface area contributed by atoms with Crippen LogP contribution >= 0.6 is 0 Å². The summed E-state index contributed by atoms with van der Waals surface area (Å²) < 4.78 is 18.1. The second-order valence-electron chi connectivity index (χ2n) is 1.06. The number of hydrogen-bond acceptors (Lipinski definition) is 2. The van der Waals surface area contributed by atoms with Gasteiger partial charge in [0.2, 0.25) is 0 Å². The van der Waals surface area contributed by atoms with E-state index in [1.165, 1.54) is 0 Å². The first-order valence-electron chi connectivity index (χ1n) is 2.80. The van der Waals surface area contributed by atoms with E-state index in [0.717, 1.165) is 0 Å². The molecule has 34 valence electrons. The van der Waals surface area contributed by atoms with Crippen molar-refractivity contribution < 1.29 is 12.3 Å². The summed E-state index contributed by atoms with van der Waals surface area (Å²) in [6.45, 7) is 0.228. The van der Waals surface area contributed by atoms with Gasteiger partial charge in [-0.2, -0.15) is 0 Å². The normalized spacial score (nSPS) is 34.3. The van der Waals surface area contributed by atoms with Crippen molar-refractivity contribution in [1.29, 1.82) is 0 Å². The molecule has 0 amide bonds. The average Bonchev–Trinajstić information content (AvgIpc) is 1.86. The van der Waals surface area contributed by atoms with E-state index in [9.17, 15) is 4.79 Å². The quantitative estimate of drug-likeness (QED) is 0.399. The average molecular weight is 88.1 g/mol. The highest BCUT2D eigenvalue weighted by Gasteiger charge is 2.08. The molecule has 2 nitrogen and oxygen atoms in total. The Bertz CT molecular complexity index is 121. The molecule has 6 heavy (non-hydrogen) atoms. The fourth-order valence-electron chi connectivity index (χ4n) is 0.348. The van der Waals surface area contributed by atoms with Gasteiger partial charge in [-0.15, -0.1) is 0 Å². The highest BCUT2D eigenvalue weighted by Crippen LogP contribution is 2.01. The van der Waals surface area contributed by atoms with Gasteiger partial charge in [0.1, 0.15) is 0 Å². The molecule has 0 aromatic heterocycles. The number of cyclic esters (lactones) is 1. The highest BCUT2D eigenvalue weighted by molar-refractivity contribution is 5.70. The minimum absolute atomic E-state index is 0.200. The number of hydrogen-bond donors (Lipinski definition) is 0. The summed E-state index contributed by atoms with van der Waals surface area (Å²) in [6, 6.07) is 0. The summed E-state index contributed by atoms with van der Waals surface area (Å²) in [6.07, 6.45) is -1.51. The van der Waals surface area contributed by atoms with Crippen LogP contribution in [0.1, 0.15) is 15.5 Å². The molecule has 1 aliphatic rings. The molecule has 0 saturated carbocycles. The van der Waals surface area contributed by atoms with Gasteiger partial charge in [-0.05, 0) is 6.42 Å². The van der Waals surface area contributed by atoms with E-state index in [1.54, 1.807) is 0 Å². The molecule has 1 aliphatic heterocycles. The lowest BCUT2D eigenvalue weighted by molar-refractivity contribution is -0.137. The van der Waals surface area contributed by atoms with E-state index in [-0.39, 0.29) is 13.0 Å². The molecule has 0 radical (unpaired) electrons. The Labute approximate surface area is 38.9 Å². The lowest BCUT2D eigenvalue weighted by Gasteiger charge is -1.81. The number of ether oxygens (including phenoxy) is 1. The van der Waals surface area contributed by atoms with Gasteiger partial charge in [-0.1, -0.05) is 0 Å². The summed E-state index contributed by atoms with van der Waals surface area (Å²) in [4.78, 5) is 10.3. The zero-order valence-corrected chi connectivity index (χ0v) is 3.23. The third kappa shape index (κ3) is 0.506. The number of carbonyl (C=O) groups excluding carboxylic acids is 1. The van der Waals surface area contributed by atoms with Crippen molar-refractivity contribution in [3.05, 3.63) is 0 Å². The Morgan fingerprint density at radius 1 is 2.00 bits per heavy atom. The van der Waals surface area contributed by atoms with Gasteiger partial charge >= 0.3 is 5.97 Å². The lowest BCUT2D eigenvalue weighted by Crippen LogP contribution is -1.88. The lowest BCUT2D eigenvalue weighted by atomic mass is 10.4. The maximum atomic E-state index is 10.3. The Hall–Kier alpha value is -0.530. The van der Waals surface area contributed by atoms with Gasteiger partial charge in [-0.3, -0.25) is 4.79 Å². The molecule has 0 aromatic carbocycles. The molecule has 1 rings (SSSR count). The second kappa shape index (κ2) is 1.29. The summed E-state index contributed by atoms with van der Waals surface area (Å²) >= 11 is 0. The van der Waals surface area contributed by atoms with Crippen LogP contribution in [-0.2, 0) is 9.53 Å². The minimum atomic E-state index is -1.71. The molecule has 0 aliphatic carbocycles. The third-order valence-corrected chi connectivity index (χ3v) is 0.605. The third-order valence-electron chi connectivity index (χ3n) is 0.605. The first-order chi connectivity index (χ1) is 3.63. The first-order valence-corrected chi connectivity index (χ1v) is 1.80. The van der Waals surface area contributed by atoms with Crippen molar-refractivity contribution in [2.24, 2.45) is 0 Å². The molecule has 0 unspecified atom stereocenters. The molecule has 2 heteroatoms. The number of rotatable bonds is 0. The van der Waals surface area contributed by atoms with E-state index >= 15 is 0 Å². The monoisotopic (exact) mass is 88.0 g/mol. The maximum Gasteiger partial charge on any atom is 0.305 e. The van der Waals surface area contributed by atoms with Gasteiger partial charge in [0.05, 0.1) is 6.61 Å². The van der Waals surface area contributed by atoms with E-state index < -0.39 is 12.3 Å². The van der Waals surface area contributed by atoms with Crippen molar-refractivity contribution in [2.75, 3.05) is 6.61 Å². The zero-order chi connectivity index (χ0) is 6.20. The van der Waals surface area contributed by atoms with Crippen LogP contribution in [0, 0.1) is 0 Å². The van der Waals surface area contributed by atoms with Crippen molar-refractivity contribution in [3.8, 4) is 0 Å². The van der Waals surface area contributed by atoms with E-state index in [1.807, 2.05) is 0 Å². The predicted molar refractivity (Wildman–Crippen MR) is 20.2 cm³/mol. The van der Waals surface area contributed by atoms with Gasteiger partial charge < -0.3 is 4.74 Å². The van der Waals surface area contributed by atoms with Crippen molar-refractivity contribution in [2.45, 2.75) is 12.8 Å². The van der Waals surface area contributed by atoms with Crippen molar-refractivity contribution in [1.82, 2.24) is 0 Å². The Morgan fingerprint density at radius 3 is 3.00 bits per heavy atom. The Morgan fingerprint density at radius 2 is 2.83 bits per heavy atom. The molecule has 0 bridgehead atoms. The smallest absolute Gasteiger partial charge is 0.305 e. The van der Waals surface area contributed by atoms with E-state index in [0.29, 0.717) is 0 Å². The summed E-state index contributed by atoms with van der Waals surface area (Å²) in [5.74, 6) is -0.725. The van der Waals surface area contributed by atoms with Crippen LogP contribution in [0.5, 0.6) is 0 Å². The fraction of sp³-hybridized carbons (Fsp3) is 0.750. The van der Waals surface area contributed by atoms with Gasteiger partial charge in [0, 0.05) is 9.11 Å². The van der Waals surface area contributed by atoms with Gasteiger partial charge in [0.15, 0.2) is 0 Å². The molecule has 0 aromatic rings. The fourth-order valence-corrected chi connectivity index (χ4v) is 0.348. The van der Waals surface area contributed by atoms with Gasteiger partial charge in [-0.25, -0.2) is 0 Å². The van der Waals surface area contributed by atoms with E-state index in [4.69, 9.17) is 2.74 Å². The number of carbonyl (C=O) groups is 1. The molecule has 1 saturated heterocycles. The highest BCUT2D eigenvalue weighted by atomic mass is 16.5. The first kappa shape index (κ1) is 1.96. The van der Waals surface area contributed by atoms with Crippen molar-refractivity contribution >= 4 is 5.97 Å². The summed E-state index contributed by atoms with van der Waals surface area (Å²) in [5.41, 5.74) is 0. The largest absolute Gasteiger partial charge is 0.466 e. The molecule has 0 atom stereocenters. The topological polar surface area (TPSA) is 26.3 Å². The maximum absolute atomic E-state index is 10.3. The van der Waals surface area contributed by atoms with Crippen LogP contribution in [0.25, 0.3) is 0 Å². The Kier molecular flexibility index (Phi) is 0.420. The second-order valence-corrected chi connectivity index (χ2v) is 1.06. The van der Waals surface area contributed by atoms with Gasteiger partial charge in [0.25, 0.3) is 0 Å². The minimum Gasteiger partial charge on any atom is -0.466 e. The van der Waals surface area contributed by atoms with Crippen LogP contribution in [0.3, 0.4) is 0 Å². The van der Waals surface area contributed by atoms with Crippen LogP contribution in [0.2, 0.25) is 0 Å². The van der Waals surface area contributed by atoms with Crippen LogP contribution < -0.4 is 0 Å².